The molecule has 2 aromatic rings. The predicted molar refractivity (Wildman–Crippen MR) is 45.7 cm³/mol. The predicted octanol–water partition coefficient (Wildman–Crippen LogP) is 2.15. The SMILES string of the molecule is [2H]c1nc2c(Br)c([2H])c(Cl)nn2c1[2H]. The minimum Gasteiger partial charge on any atom is -0.235 e. The van der Waals surface area contributed by atoms with Gasteiger partial charge in [-0.05, 0) is 22.0 Å². The number of imidazole rings is 1. The second-order valence-electron chi connectivity index (χ2n) is 1.80. The van der Waals surface area contributed by atoms with E-state index < -0.39 is 0 Å². The largest absolute Gasteiger partial charge is 0.235 e. The number of halogens is 2. The molecule has 11 heavy (non-hydrogen) atoms. The van der Waals surface area contributed by atoms with Gasteiger partial charge in [0.2, 0.25) is 0 Å². The molecule has 2 heterocycles. The van der Waals surface area contributed by atoms with Crippen LogP contribution in [0, 0.1) is 0 Å². The number of hydrogen-bond acceptors (Lipinski definition) is 2. The van der Waals surface area contributed by atoms with Gasteiger partial charge in [-0.25, -0.2) is 9.50 Å². The first kappa shape index (κ1) is 4.42. The highest BCUT2D eigenvalue weighted by molar-refractivity contribution is 9.10. The van der Waals surface area contributed by atoms with Gasteiger partial charge in [-0.15, -0.1) is 0 Å². The molecule has 0 aromatic carbocycles. The Bertz CT molecular complexity index is 527. The number of aromatic nitrogens is 3. The number of hydrogen-bond donors (Lipinski definition) is 0. The van der Waals surface area contributed by atoms with Crippen molar-refractivity contribution in [2.75, 3.05) is 0 Å². The van der Waals surface area contributed by atoms with Gasteiger partial charge in [0.15, 0.2) is 10.8 Å². The average Bonchev–Trinajstić information content (AvgIpc) is 2.42. The first-order chi connectivity index (χ1) is 6.52. The normalized spacial score (nSPS) is 14.5. The molecule has 2 rings (SSSR count). The summed E-state index contributed by atoms with van der Waals surface area (Å²) in [5.74, 6) is 0. The second kappa shape index (κ2) is 2.46. The molecule has 0 saturated heterocycles. The third-order valence-corrected chi connectivity index (χ3v) is 1.84. The zero-order chi connectivity index (χ0) is 10.5. The summed E-state index contributed by atoms with van der Waals surface area (Å²) in [7, 11) is 0. The summed E-state index contributed by atoms with van der Waals surface area (Å²) in [6.07, 6.45) is -0.345. The third kappa shape index (κ3) is 1.12. The third-order valence-electron chi connectivity index (χ3n) is 1.12. The molecule has 0 aliphatic carbocycles. The molecular weight excluding hydrogens is 229 g/mol. The molecule has 3 nitrogen and oxygen atoms in total. The van der Waals surface area contributed by atoms with E-state index in [0.29, 0.717) is 4.47 Å². The standard InChI is InChI=1S/C6H3BrClN3/c7-4-3-5(8)10-11-2-1-9-6(4)11/h1-3H/i1D,2D,3D. The van der Waals surface area contributed by atoms with Gasteiger partial charge >= 0.3 is 0 Å². The molecule has 0 radical (unpaired) electrons. The first-order valence-corrected chi connectivity index (χ1v) is 3.87. The summed E-state index contributed by atoms with van der Waals surface area (Å²) in [6.45, 7) is 0. The van der Waals surface area contributed by atoms with Crippen molar-refractivity contribution < 1.29 is 4.11 Å². The first-order valence-electron chi connectivity index (χ1n) is 4.20. The van der Waals surface area contributed by atoms with Crippen LogP contribution in [0.2, 0.25) is 5.15 Å². The van der Waals surface area contributed by atoms with E-state index in [2.05, 4.69) is 26.0 Å². The van der Waals surface area contributed by atoms with Crippen LogP contribution >= 0.6 is 27.5 Å². The van der Waals surface area contributed by atoms with Crippen molar-refractivity contribution in [2.24, 2.45) is 0 Å². The Morgan fingerprint density at radius 2 is 2.55 bits per heavy atom. The fourth-order valence-corrected chi connectivity index (χ4v) is 1.43. The maximum Gasteiger partial charge on any atom is 0.167 e. The molecule has 0 amide bonds. The quantitative estimate of drug-likeness (QED) is 0.700. The Balaban J connectivity index is 2.98. The van der Waals surface area contributed by atoms with E-state index in [1.807, 2.05) is 0 Å². The summed E-state index contributed by atoms with van der Waals surface area (Å²) in [6, 6.07) is 0.00386. The lowest BCUT2D eigenvalue weighted by atomic mass is 10.6. The fraction of sp³-hybridized carbons (Fsp3) is 0. The summed E-state index contributed by atoms with van der Waals surface area (Å²) in [5.41, 5.74) is 0.259. The molecule has 0 aliphatic rings. The van der Waals surface area contributed by atoms with Crippen molar-refractivity contribution in [2.45, 2.75) is 0 Å². The van der Waals surface area contributed by atoms with Crippen LogP contribution in [0.3, 0.4) is 0 Å². The van der Waals surface area contributed by atoms with Crippen molar-refractivity contribution in [1.29, 1.82) is 0 Å². The molecule has 0 N–H and O–H groups in total. The molecule has 0 atom stereocenters. The smallest absolute Gasteiger partial charge is 0.167 e. The van der Waals surface area contributed by atoms with Crippen LogP contribution in [0.1, 0.15) is 4.11 Å². The average molecular weight is 235 g/mol. The molecule has 5 heteroatoms. The van der Waals surface area contributed by atoms with Crippen LogP contribution in [0.25, 0.3) is 5.65 Å². The van der Waals surface area contributed by atoms with Crippen LogP contribution < -0.4 is 0 Å². The van der Waals surface area contributed by atoms with Crippen LogP contribution in [0.5, 0.6) is 0 Å². The van der Waals surface area contributed by atoms with Crippen molar-refractivity contribution >= 4 is 33.2 Å². The van der Waals surface area contributed by atoms with E-state index in [4.69, 9.17) is 15.7 Å². The van der Waals surface area contributed by atoms with Crippen LogP contribution in [0.15, 0.2) is 22.9 Å². The fourth-order valence-electron chi connectivity index (χ4n) is 0.699. The summed E-state index contributed by atoms with van der Waals surface area (Å²) >= 11 is 8.77. The molecular formula is C6H3BrClN3. The van der Waals surface area contributed by atoms with Crippen molar-refractivity contribution in [1.82, 2.24) is 14.6 Å². The van der Waals surface area contributed by atoms with E-state index in [-0.39, 0.29) is 29.2 Å². The molecule has 0 aliphatic heterocycles. The van der Waals surface area contributed by atoms with Crippen molar-refractivity contribution in [3.05, 3.63) is 28.0 Å². The van der Waals surface area contributed by atoms with Crippen molar-refractivity contribution in [3.8, 4) is 0 Å². The second-order valence-corrected chi connectivity index (χ2v) is 2.95. The van der Waals surface area contributed by atoms with Crippen LogP contribution in [-0.4, -0.2) is 14.6 Å². The highest BCUT2D eigenvalue weighted by atomic mass is 79.9. The van der Waals surface area contributed by atoms with E-state index in [1.165, 1.54) is 0 Å². The topological polar surface area (TPSA) is 30.2 Å². The molecule has 0 saturated carbocycles. The van der Waals surface area contributed by atoms with E-state index in [1.54, 1.807) is 0 Å². The molecule has 0 unspecified atom stereocenters. The number of rotatable bonds is 0. The summed E-state index contributed by atoms with van der Waals surface area (Å²) in [5, 5.41) is 3.72. The zero-order valence-electron chi connectivity index (χ0n) is 8.10. The maximum absolute atomic E-state index is 7.49. The lowest BCUT2D eigenvalue weighted by molar-refractivity contribution is 0.932. The Kier molecular flexibility index (Phi) is 0.990. The minimum atomic E-state index is -0.195. The number of nitrogens with zero attached hydrogens (tertiary/aromatic N) is 3. The van der Waals surface area contributed by atoms with Crippen LogP contribution in [0.4, 0.5) is 0 Å². The number of fused-ring (bicyclic) bond motifs is 1. The summed E-state index contributed by atoms with van der Waals surface area (Å²) < 4.78 is 23.7. The zero-order valence-corrected chi connectivity index (χ0v) is 7.44. The lowest BCUT2D eigenvalue weighted by Gasteiger charge is -1.94. The Hall–Kier alpha value is -0.610. The van der Waals surface area contributed by atoms with Crippen molar-refractivity contribution in [3.63, 3.8) is 0 Å². The molecule has 0 spiro atoms. The molecule has 0 bridgehead atoms. The molecule has 0 fully saturated rings. The van der Waals surface area contributed by atoms with Gasteiger partial charge in [-0.2, -0.15) is 5.10 Å². The molecule has 56 valence electrons. The van der Waals surface area contributed by atoms with Gasteiger partial charge in [-0.3, -0.25) is 0 Å². The van der Waals surface area contributed by atoms with Gasteiger partial charge in [0.25, 0.3) is 0 Å². The Morgan fingerprint density at radius 3 is 3.36 bits per heavy atom. The minimum absolute atomic E-state index is 0.00386. The molecule has 2 aromatic heterocycles. The Labute approximate surface area is 80.3 Å². The van der Waals surface area contributed by atoms with Gasteiger partial charge in [0.05, 0.1) is 8.58 Å². The van der Waals surface area contributed by atoms with Gasteiger partial charge in [0, 0.05) is 12.3 Å². The van der Waals surface area contributed by atoms with Crippen LogP contribution in [-0.2, 0) is 0 Å². The van der Waals surface area contributed by atoms with Gasteiger partial charge in [0.1, 0.15) is 0 Å². The maximum atomic E-state index is 7.49. The van der Waals surface area contributed by atoms with E-state index >= 15 is 0 Å². The highest BCUT2D eigenvalue weighted by Gasteiger charge is 2.01. The Morgan fingerprint density at radius 1 is 1.73 bits per heavy atom. The van der Waals surface area contributed by atoms with E-state index in [9.17, 15) is 0 Å². The van der Waals surface area contributed by atoms with E-state index in [0.717, 1.165) is 4.52 Å². The lowest BCUT2D eigenvalue weighted by Crippen LogP contribution is -1.90. The monoisotopic (exact) mass is 234 g/mol. The van der Waals surface area contributed by atoms with Gasteiger partial charge in [-0.1, -0.05) is 11.6 Å². The van der Waals surface area contributed by atoms with Gasteiger partial charge < -0.3 is 0 Å². The highest BCUT2D eigenvalue weighted by Crippen LogP contribution is 2.18. The summed E-state index contributed by atoms with van der Waals surface area (Å²) in [4.78, 5) is 3.77.